The molecule has 7 heteroatoms. The lowest BCUT2D eigenvalue weighted by Crippen LogP contribution is -2.54. The van der Waals surface area contributed by atoms with E-state index >= 15 is 0 Å². The lowest BCUT2D eigenvalue weighted by molar-refractivity contribution is -0.0295. The first-order valence-corrected chi connectivity index (χ1v) is 10.1. The minimum absolute atomic E-state index is 0.00900. The highest BCUT2D eigenvalue weighted by molar-refractivity contribution is 5.89. The van der Waals surface area contributed by atoms with Crippen LogP contribution in [0.4, 0.5) is 20.6 Å². The smallest absolute Gasteiger partial charge is 0.322 e. The van der Waals surface area contributed by atoms with Crippen LogP contribution in [-0.4, -0.2) is 74.4 Å². The van der Waals surface area contributed by atoms with Gasteiger partial charge >= 0.3 is 6.03 Å². The molecule has 154 valence electrons. The highest BCUT2D eigenvalue weighted by Crippen LogP contribution is 2.20. The van der Waals surface area contributed by atoms with Crippen molar-refractivity contribution in [1.29, 1.82) is 0 Å². The van der Waals surface area contributed by atoms with Crippen LogP contribution >= 0.6 is 0 Å². The third-order valence-electron chi connectivity index (χ3n) is 5.48. The summed E-state index contributed by atoms with van der Waals surface area (Å²) in [7, 11) is 0. The second kappa shape index (κ2) is 9.24. The average Bonchev–Trinajstić information content (AvgIpc) is 2.76. The van der Waals surface area contributed by atoms with E-state index in [1.165, 1.54) is 6.07 Å². The molecule has 2 aliphatic rings. The fourth-order valence-electron chi connectivity index (χ4n) is 3.91. The van der Waals surface area contributed by atoms with Crippen molar-refractivity contribution in [1.82, 2.24) is 9.80 Å². The summed E-state index contributed by atoms with van der Waals surface area (Å²) in [4.78, 5) is 18.8. The summed E-state index contributed by atoms with van der Waals surface area (Å²) in [5.41, 5.74) is 1.47. The van der Waals surface area contributed by atoms with E-state index in [1.807, 2.05) is 47.4 Å². The number of ether oxygens (including phenoxy) is 1. The molecule has 0 radical (unpaired) electrons. The van der Waals surface area contributed by atoms with Crippen molar-refractivity contribution in [2.24, 2.45) is 0 Å². The zero-order valence-electron chi connectivity index (χ0n) is 16.5. The van der Waals surface area contributed by atoms with Gasteiger partial charge in [0.1, 0.15) is 5.82 Å². The van der Waals surface area contributed by atoms with Crippen LogP contribution in [0.25, 0.3) is 0 Å². The molecule has 2 aliphatic heterocycles. The maximum Gasteiger partial charge on any atom is 0.322 e. The Balaban J connectivity index is 1.26. The number of carbonyl (C=O) groups excluding carboxylic acids is 1. The molecular weight excluding hydrogens is 371 g/mol. The van der Waals surface area contributed by atoms with Crippen molar-refractivity contribution >= 4 is 17.4 Å². The van der Waals surface area contributed by atoms with Crippen LogP contribution in [0.1, 0.15) is 0 Å². The van der Waals surface area contributed by atoms with Gasteiger partial charge < -0.3 is 19.9 Å². The van der Waals surface area contributed by atoms with Crippen molar-refractivity contribution in [2.45, 2.75) is 6.10 Å². The van der Waals surface area contributed by atoms with Crippen LogP contribution in [0.15, 0.2) is 54.6 Å². The number of urea groups is 1. The molecule has 2 aromatic carbocycles. The molecule has 0 saturated carbocycles. The monoisotopic (exact) mass is 398 g/mol. The zero-order valence-corrected chi connectivity index (χ0v) is 16.5. The van der Waals surface area contributed by atoms with Gasteiger partial charge in [0.2, 0.25) is 0 Å². The van der Waals surface area contributed by atoms with Gasteiger partial charge in [0.25, 0.3) is 0 Å². The Morgan fingerprint density at radius 2 is 1.72 bits per heavy atom. The van der Waals surface area contributed by atoms with Crippen molar-refractivity contribution < 1.29 is 13.9 Å². The van der Waals surface area contributed by atoms with Gasteiger partial charge in [-0.05, 0) is 24.3 Å². The van der Waals surface area contributed by atoms with Gasteiger partial charge in [0.05, 0.1) is 18.4 Å². The van der Waals surface area contributed by atoms with Crippen LogP contribution in [0.2, 0.25) is 0 Å². The van der Waals surface area contributed by atoms with Gasteiger partial charge in [0.15, 0.2) is 0 Å². The average molecular weight is 398 g/mol. The van der Waals surface area contributed by atoms with Gasteiger partial charge in [-0.2, -0.15) is 0 Å². The van der Waals surface area contributed by atoms with E-state index in [2.05, 4.69) is 15.1 Å². The predicted molar refractivity (Wildman–Crippen MR) is 112 cm³/mol. The number of morpholine rings is 1. The molecule has 2 heterocycles. The number of nitrogens with one attached hydrogen (secondary N) is 1. The second-order valence-electron chi connectivity index (χ2n) is 7.47. The van der Waals surface area contributed by atoms with Crippen LogP contribution in [-0.2, 0) is 4.74 Å². The Hall–Kier alpha value is -2.64. The minimum Gasteiger partial charge on any atom is -0.373 e. The maximum atomic E-state index is 14.0. The summed E-state index contributed by atoms with van der Waals surface area (Å²) in [5, 5.41) is 2.94. The maximum absolute atomic E-state index is 14.0. The molecule has 1 N–H and O–H groups in total. The summed E-state index contributed by atoms with van der Waals surface area (Å²) >= 11 is 0. The number of hydrogen-bond acceptors (Lipinski definition) is 4. The Morgan fingerprint density at radius 3 is 2.48 bits per heavy atom. The van der Waals surface area contributed by atoms with Crippen molar-refractivity contribution in [2.75, 3.05) is 62.6 Å². The number of amides is 2. The molecule has 0 aromatic heterocycles. The van der Waals surface area contributed by atoms with Crippen LogP contribution in [0.3, 0.4) is 0 Å². The van der Waals surface area contributed by atoms with E-state index < -0.39 is 0 Å². The quantitative estimate of drug-likeness (QED) is 0.861. The largest absolute Gasteiger partial charge is 0.373 e. The molecule has 1 atom stereocenters. The number of carbonyl (C=O) groups is 1. The molecule has 2 fully saturated rings. The number of nitrogens with zero attached hydrogens (tertiary/aromatic N) is 3. The number of hydrogen-bond donors (Lipinski definition) is 1. The number of anilines is 2. The lowest BCUT2D eigenvalue weighted by Gasteiger charge is -2.40. The fraction of sp³-hybridized carbons (Fsp3) is 0.409. The number of halogens is 1. The first-order chi connectivity index (χ1) is 14.2. The lowest BCUT2D eigenvalue weighted by atomic mass is 10.2. The Kier molecular flexibility index (Phi) is 6.27. The van der Waals surface area contributed by atoms with Crippen LogP contribution in [0, 0.1) is 5.82 Å². The molecule has 29 heavy (non-hydrogen) atoms. The van der Waals surface area contributed by atoms with Gasteiger partial charge in [-0.15, -0.1) is 0 Å². The van der Waals surface area contributed by atoms with Gasteiger partial charge in [0, 0.05) is 51.5 Å². The van der Waals surface area contributed by atoms with E-state index in [0.29, 0.717) is 25.4 Å². The summed E-state index contributed by atoms with van der Waals surface area (Å²) in [6.07, 6.45) is -0.00900. The van der Waals surface area contributed by atoms with E-state index in [0.717, 1.165) is 38.4 Å². The molecule has 1 unspecified atom stereocenters. The topological polar surface area (TPSA) is 48.1 Å². The highest BCUT2D eigenvalue weighted by Gasteiger charge is 2.27. The van der Waals surface area contributed by atoms with Crippen LogP contribution in [0.5, 0.6) is 0 Å². The van der Waals surface area contributed by atoms with E-state index in [1.54, 1.807) is 6.07 Å². The van der Waals surface area contributed by atoms with Crippen molar-refractivity contribution in [3.8, 4) is 0 Å². The first-order valence-electron chi connectivity index (χ1n) is 10.1. The normalized spacial score (nSPS) is 20.5. The fourth-order valence-corrected chi connectivity index (χ4v) is 3.91. The molecule has 0 bridgehead atoms. The highest BCUT2D eigenvalue weighted by atomic mass is 19.1. The standard InChI is InChI=1S/C22H27FN4O2/c23-20-8-4-5-9-21(20)26-12-10-25(11-13-26)16-19-17-27(14-15-29-19)22(28)24-18-6-2-1-3-7-18/h1-9,19H,10-17H2,(H,24,28). The first kappa shape index (κ1) is 19.7. The van der Waals surface area contributed by atoms with E-state index in [9.17, 15) is 9.18 Å². The predicted octanol–water partition coefficient (Wildman–Crippen LogP) is 2.88. The Morgan fingerprint density at radius 1 is 1.00 bits per heavy atom. The molecule has 0 spiro atoms. The van der Waals surface area contributed by atoms with E-state index in [4.69, 9.17) is 4.74 Å². The number of rotatable bonds is 4. The molecule has 2 saturated heterocycles. The van der Waals surface area contributed by atoms with Crippen molar-refractivity contribution in [3.05, 3.63) is 60.4 Å². The van der Waals surface area contributed by atoms with Crippen molar-refractivity contribution in [3.63, 3.8) is 0 Å². The number of piperazine rings is 1. The van der Waals surface area contributed by atoms with Crippen LogP contribution < -0.4 is 10.2 Å². The third-order valence-corrected chi connectivity index (χ3v) is 5.48. The summed E-state index contributed by atoms with van der Waals surface area (Å²) in [5.74, 6) is -0.170. The van der Waals surface area contributed by atoms with E-state index in [-0.39, 0.29) is 18.0 Å². The molecule has 0 aliphatic carbocycles. The Labute approximate surface area is 170 Å². The minimum atomic E-state index is -0.170. The van der Waals surface area contributed by atoms with Gasteiger partial charge in [-0.25, -0.2) is 9.18 Å². The number of benzene rings is 2. The third kappa shape index (κ3) is 5.05. The molecule has 4 rings (SSSR count). The SMILES string of the molecule is O=C(Nc1ccccc1)N1CCOC(CN2CCN(c3ccccc3F)CC2)C1. The zero-order chi connectivity index (χ0) is 20.1. The second-order valence-corrected chi connectivity index (χ2v) is 7.47. The summed E-state index contributed by atoms with van der Waals surface area (Å²) < 4.78 is 19.9. The molecule has 6 nitrogen and oxygen atoms in total. The van der Waals surface area contributed by atoms with Gasteiger partial charge in [-0.1, -0.05) is 30.3 Å². The molecule has 2 aromatic rings. The van der Waals surface area contributed by atoms with Gasteiger partial charge in [-0.3, -0.25) is 4.90 Å². The molecule has 2 amide bonds. The molecular formula is C22H27FN4O2. The Bertz CT molecular complexity index is 811. The number of para-hydroxylation sites is 2. The summed E-state index contributed by atoms with van der Waals surface area (Å²) in [6, 6.07) is 16.3. The summed E-state index contributed by atoms with van der Waals surface area (Å²) in [6.45, 7) is 5.76.